The third-order valence-corrected chi connectivity index (χ3v) is 3.07. The number of ether oxygens (including phenoxy) is 1. The fourth-order valence-electron chi connectivity index (χ4n) is 2.23. The van der Waals surface area contributed by atoms with Gasteiger partial charge in [-0.25, -0.2) is 0 Å². The first-order valence-corrected chi connectivity index (χ1v) is 5.93. The van der Waals surface area contributed by atoms with E-state index < -0.39 is 0 Å². The van der Waals surface area contributed by atoms with Gasteiger partial charge in [0.1, 0.15) is 0 Å². The molecule has 1 aliphatic rings. The Morgan fingerprint density at radius 1 is 0.882 bits per heavy atom. The summed E-state index contributed by atoms with van der Waals surface area (Å²) in [7, 11) is 0. The van der Waals surface area contributed by atoms with Crippen molar-refractivity contribution in [3.8, 4) is 0 Å². The van der Waals surface area contributed by atoms with Gasteiger partial charge in [-0.3, -0.25) is 0 Å². The molecule has 0 fully saturated rings. The predicted octanol–water partition coefficient (Wildman–Crippen LogP) is 3.35. The van der Waals surface area contributed by atoms with Crippen molar-refractivity contribution in [1.82, 2.24) is 0 Å². The summed E-state index contributed by atoms with van der Waals surface area (Å²) >= 11 is 0. The number of benzene rings is 2. The lowest BCUT2D eigenvalue weighted by atomic mass is 10.1. The maximum atomic E-state index is 5.63. The first kappa shape index (κ1) is 10.4. The Balaban J connectivity index is 2.06. The molecule has 86 valence electrons. The Kier molecular flexibility index (Phi) is 2.80. The molecule has 0 unspecified atom stereocenters. The summed E-state index contributed by atoms with van der Waals surface area (Å²) in [6, 6.07) is 18.9. The Bertz CT molecular complexity index is 495. The molecule has 1 aliphatic heterocycles. The average molecular weight is 225 g/mol. The van der Waals surface area contributed by atoms with Crippen molar-refractivity contribution in [3.05, 3.63) is 60.2 Å². The minimum Gasteiger partial charge on any atom is -0.375 e. The van der Waals surface area contributed by atoms with Crippen LogP contribution in [0.2, 0.25) is 0 Å². The number of rotatable bonds is 1. The highest BCUT2D eigenvalue weighted by molar-refractivity contribution is 5.66. The fourth-order valence-corrected chi connectivity index (χ4v) is 2.23. The largest absolute Gasteiger partial charge is 0.375 e. The molecular formula is C15H15NO. The van der Waals surface area contributed by atoms with E-state index in [1.165, 1.54) is 16.9 Å². The molecule has 0 bridgehead atoms. The quantitative estimate of drug-likeness (QED) is 0.738. The van der Waals surface area contributed by atoms with Gasteiger partial charge in [-0.2, -0.15) is 0 Å². The fraction of sp³-hybridized carbons (Fsp3) is 0.200. The summed E-state index contributed by atoms with van der Waals surface area (Å²) in [5.41, 5.74) is 3.75. The Morgan fingerprint density at radius 3 is 2.53 bits per heavy atom. The molecule has 0 spiro atoms. The molecule has 0 aliphatic carbocycles. The van der Waals surface area contributed by atoms with Crippen molar-refractivity contribution in [2.24, 2.45) is 0 Å². The van der Waals surface area contributed by atoms with Gasteiger partial charge in [-0.1, -0.05) is 36.4 Å². The summed E-state index contributed by atoms with van der Waals surface area (Å²) in [5.74, 6) is 0. The lowest BCUT2D eigenvalue weighted by molar-refractivity contribution is 0.133. The Morgan fingerprint density at radius 2 is 1.65 bits per heavy atom. The van der Waals surface area contributed by atoms with Crippen LogP contribution >= 0.6 is 0 Å². The standard InChI is InChI=1S/C15H15NO/c1-2-7-14(8-3-1)16-10-11-17-12-13-6-4-5-9-15(13)16/h1-9H,10-12H2. The maximum absolute atomic E-state index is 5.63. The highest BCUT2D eigenvalue weighted by Gasteiger charge is 2.15. The summed E-state index contributed by atoms with van der Waals surface area (Å²) in [5, 5.41) is 0. The summed E-state index contributed by atoms with van der Waals surface area (Å²) in [4.78, 5) is 2.32. The van der Waals surface area contributed by atoms with E-state index >= 15 is 0 Å². The van der Waals surface area contributed by atoms with Crippen molar-refractivity contribution in [1.29, 1.82) is 0 Å². The molecule has 2 nitrogen and oxygen atoms in total. The van der Waals surface area contributed by atoms with E-state index in [1.807, 2.05) is 6.07 Å². The molecule has 0 saturated carbocycles. The first-order chi connectivity index (χ1) is 8.45. The van der Waals surface area contributed by atoms with Crippen LogP contribution in [0.15, 0.2) is 54.6 Å². The van der Waals surface area contributed by atoms with E-state index in [9.17, 15) is 0 Å². The van der Waals surface area contributed by atoms with Gasteiger partial charge in [0.05, 0.1) is 13.2 Å². The van der Waals surface area contributed by atoms with E-state index in [1.54, 1.807) is 0 Å². The summed E-state index contributed by atoms with van der Waals surface area (Å²) < 4.78 is 5.63. The molecule has 0 saturated heterocycles. The number of nitrogens with zero attached hydrogens (tertiary/aromatic N) is 1. The highest BCUT2D eigenvalue weighted by Crippen LogP contribution is 2.30. The number of hydrogen-bond donors (Lipinski definition) is 0. The van der Waals surface area contributed by atoms with Crippen LogP contribution < -0.4 is 4.90 Å². The molecule has 2 aromatic rings. The molecule has 0 atom stereocenters. The van der Waals surface area contributed by atoms with E-state index in [4.69, 9.17) is 4.74 Å². The molecule has 0 aromatic heterocycles. The number of fused-ring (bicyclic) bond motifs is 1. The van der Waals surface area contributed by atoms with E-state index in [-0.39, 0.29) is 0 Å². The van der Waals surface area contributed by atoms with Crippen LogP contribution in [0.3, 0.4) is 0 Å². The Labute approximate surface area is 101 Å². The number of hydrogen-bond acceptors (Lipinski definition) is 2. The number of para-hydroxylation sites is 2. The summed E-state index contributed by atoms with van der Waals surface area (Å²) in [6.07, 6.45) is 0. The smallest absolute Gasteiger partial charge is 0.0738 e. The van der Waals surface area contributed by atoms with Gasteiger partial charge in [-0.15, -0.1) is 0 Å². The maximum Gasteiger partial charge on any atom is 0.0738 e. The van der Waals surface area contributed by atoms with Gasteiger partial charge in [0, 0.05) is 23.5 Å². The molecular weight excluding hydrogens is 210 g/mol. The van der Waals surface area contributed by atoms with Crippen molar-refractivity contribution >= 4 is 11.4 Å². The average Bonchev–Trinajstić information content (AvgIpc) is 2.62. The molecule has 0 N–H and O–H groups in total. The van der Waals surface area contributed by atoms with Crippen molar-refractivity contribution in [2.75, 3.05) is 18.1 Å². The third kappa shape index (κ3) is 2.04. The summed E-state index contributed by atoms with van der Waals surface area (Å²) in [6.45, 7) is 2.38. The molecule has 2 aromatic carbocycles. The van der Waals surface area contributed by atoms with Crippen LogP contribution in [0.5, 0.6) is 0 Å². The SMILES string of the molecule is c1ccc(N2CCOCc3ccccc32)cc1. The van der Waals surface area contributed by atoms with E-state index in [0.717, 1.165) is 13.2 Å². The van der Waals surface area contributed by atoms with Crippen LogP contribution in [0, 0.1) is 0 Å². The van der Waals surface area contributed by atoms with E-state index in [2.05, 4.69) is 53.4 Å². The van der Waals surface area contributed by atoms with Crippen LogP contribution in [0.25, 0.3) is 0 Å². The van der Waals surface area contributed by atoms with Gasteiger partial charge in [0.25, 0.3) is 0 Å². The predicted molar refractivity (Wildman–Crippen MR) is 69.5 cm³/mol. The van der Waals surface area contributed by atoms with Crippen molar-refractivity contribution in [2.45, 2.75) is 6.61 Å². The second-order valence-electron chi connectivity index (χ2n) is 4.17. The van der Waals surface area contributed by atoms with Crippen LogP contribution in [-0.2, 0) is 11.3 Å². The van der Waals surface area contributed by atoms with Crippen LogP contribution in [0.4, 0.5) is 11.4 Å². The van der Waals surface area contributed by atoms with Crippen molar-refractivity contribution < 1.29 is 4.74 Å². The number of anilines is 2. The molecule has 17 heavy (non-hydrogen) atoms. The molecule has 0 radical (unpaired) electrons. The Hall–Kier alpha value is -1.80. The lowest BCUT2D eigenvalue weighted by Gasteiger charge is -2.24. The van der Waals surface area contributed by atoms with Crippen LogP contribution in [0.1, 0.15) is 5.56 Å². The normalized spacial score (nSPS) is 15.2. The first-order valence-electron chi connectivity index (χ1n) is 5.93. The molecule has 1 heterocycles. The lowest BCUT2D eigenvalue weighted by Crippen LogP contribution is -2.20. The highest BCUT2D eigenvalue weighted by atomic mass is 16.5. The van der Waals surface area contributed by atoms with Gasteiger partial charge in [0.15, 0.2) is 0 Å². The van der Waals surface area contributed by atoms with Gasteiger partial charge in [-0.05, 0) is 18.2 Å². The third-order valence-electron chi connectivity index (χ3n) is 3.07. The minimum absolute atomic E-state index is 0.708. The zero-order valence-electron chi connectivity index (χ0n) is 9.67. The monoisotopic (exact) mass is 225 g/mol. The zero-order valence-corrected chi connectivity index (χ0v) is 9.67. The van der Waals surface area contributed by atoms with Crippen molar-refractivity contribution in [3.63, 3.8) is 0 Å². The van der Waals surface area contributed by atoms with E-state index in [0.29, 0.717) is 6.61 Å². The second-order valence-corrected chi connectivity index (χ2v) is 4.17. The molecule has 2 heteroatoms. The van der Waals surface area contributed by atoms with Gasteiger partial charge >= 0.3 is 0 Å². The zero-order chi connectivity index (χ0) is 11.5. The minimum atomic E-state index is 0.708. The second kappa shape index (κ2) is 4.60. The topological polar surface area (TPSA) is 12.5 Å². The van der Waals surface area contributed by atoms with Crippen LogP contribution in [-0.4, -0.2) is 13.2 Å². The van der Waals surface area contributed by atoms with Gasteiger partial charge in [0.2, 0.25) is 0 Å². The molecule has 3 rings (SSSR count). The molecule has 0 amide bonds. The van der Waals surface area contributed by atoms with Gasteiger partial charge < -0.3 is 9.64 Å².